The molecule has 2 N–H and O–H groups in total. The van der Waals surface area contributed by atoms with E-state index >= 15 is 0 Å². The summed E-state index contributed by atoms with van der Waals surface area (Å²) in [7, 11) is 0. The average molecular weight is 212 g/mol. The minimum Gasteiger partial charge on any atom is -0.343 e. The van der Waals surface area contributed by atoms with Crippen LogP contribution in [-0.2, 0) is 4.79 Å². The summed E-state index contributed by atoms with van der Waals surface area (Å²) in [6.45, 7) is 7.07. The third kappa shape index (κ3) is 3.82. The molecule has 0 spiro atoms. The highest BCUT2D eigenvalue weighted by Crippen LogP contribution is 2.24. The van der Waals surface area contributed by atoms with E-state index in [9.17, 15) is 4.79 Å². The Morgan fingerprint density at radius 2 is 2.00 bits per heavy atom. The van der Waals surface area contributed by atoms with Gasteiger partial charge in [-0.25, -0.2) is 0 Å². The monoisotopic (exact) mass is 212 g/mol. The Bertz CT molecular complexity index is 196. The van der Waals surface area contributed by atoms with Gasteiger partial charge < -0.3 is 10.6 Å². The van der Waals surface area contributed by atoms with Crippen molar-refractivity contribution in [2.75, 3.05) is 19.6 Å². The van der Waals surface area contributed by atoms with E-state index in [0.29, 0.717) is 18.9 Å². The van der Waals surface area contributed by atoms with Crippen molar-refractivity contribution in [3.8, 4) is 0 Å². The summed E-state index contributed by atoms with van der Waals surface area (Å²) in [5.41, 5.74) is 5.40. The summed E-state index contributed by atoms with van der Waals surface area (Å²) in [4.78, 5) is 13.7. The lowest BCUT2D eigenvalue weighted by molar-refractivity contribution is -0.132. The molecular formula is C12H24N2O. The number of carbonyl (C=O) groups is 1. The maximum Gasteiger partial charge on any atom is 0.222 e. The highest BCUT2D eigenvalue weighted by Gasteiger charge is 2.23. The maximum absolute atomic E-state index is 11.7. The van der Waals surface area contributed by atoms with E-state index < -0.39 is 0 Å². The number of nitrogens with zero attached hydrogens (tertiary/aromatic N) is 1. The van der Waals surface area contributed by atoms with Crippen molar-refractivity contribution in [3.05, 3.63) is 0 Å². The third-order valence-corrected chi connectivity index (χ3v) is 3.43. The summed E-state index contributed by atoms with van der Waals surface area (Å²) >= 11 is 0. The first-order chi connectivity index (χ1) is 7.15. The number of piperidine rings is 1. The molecule has 1 heterocycles. The van der Waals surface area contributed by atoms with Gasteiger partial charge in [-0.1, -0.05) is 13.8 Å². The topological polar surface area (TPSA) is 46.3 Å². The molecule has 0 saturated carbocycles. The van der Waals surface area contributed by atoms with Gasteiger partial charge >= 0.3 is 0 Å². The summed E-state index contributed by atoms with van der Waals surface area (Å²) in [5.74, 6) is 1.86. The fourth-order valence-electron chi connectivity index (χ4n) is 2.23. The van der Waals surface area contributed by atoms with E-state index in [0.717, 1.165) is 31.3 Å². The predicted octanol–water partition coefficient (Wildman–Crippen LogP) is 1.62. The molecular weight excluding hydrogens is 188 g/mol. The van der Waals surface area contributed by atoms with Crippen molar-refractivity contribution in [1.29, 1.82) is 0 Å². The van der Waals surface area contributed by atoms with Crippen molar-refractivity contribution in [2.45, 2.75) is 39.5 Å². The second-order valence-electron chi connectivity index (χ2n) is 4.85. The van der Waals surface area contributed by atoms with Crippen LogP contribution in [0.4, 0.5) is 0 Å². The van der Waals surface area contributed by atoms with Gasteiger partial charge in [0.1, 0.15) is 0 Å². The Kier molecular flexibility index (Phi) is 5.09. The highest BCUT2D eigenvalue weighted by atomic mass is 16.2. The molecule has 0 aliphatic carbocycles. The lowest BCUT2D eigenvalue weighted by Gasteiger charge is -2.34. The standard InChI is InChI=1S/C12H24N2O/c1-10(2)11-5-8-14(9-6-11)12(15)4-3-7-13/h10-11H,3-9,13H2,1-2H3. The molecule has 3 heteroatoms. The van der Waals surface area contributed by atoms with Crippen LogP contribution in [0.1, 0.15) is 39.5 Å². The first kappa shape index (κ1) is 12.5. The van der Waals surface area contributed by atoms with Crippen LogP contribution in [0.2, 0.25) is 0 Å². The van der Waals surface area contributed by atoms with Gasteiger partial charge in [-0.2, -0.15) is 0 Å². The van der Waals surface area contributed by atoms with Crippen LogP contribution in [0.3, 0.4) is 0 Å². The van der Waals surface area contributed by atoms with E-state index in [1.54, 1.807) is 0 Å². The van der Waals surface area contributed by atoms with Crippen LogP contribution >= 0.6 is 0 Å². The molecule has 1 aliphatic rings. The number of hydrogen-bond donors (Lipinski definition) is 1. The molecule has 0 unspecified atom stereocenters. The normalized spacial score (nSPS) is 18.5. The fourth-order valence-corrected chi connectivity index (χ4v) is 2.23. The smallest absolute Gasteiger partial charge is 0.222 e. The van der Waals surface area contributed by atoms with E-state index in [1.807, 2.05) is 4.90 Å². The molecule has 15 heavy (non-hydrogen) atoms. The Morgan fingerprint density at radius 3 is 2.47 bits per heavy atom. The molecule has 1 amide bonds. The lowest BCUT2D eigenvalue weighted by Crippen LogP contribution is -2.39. The van der Waals surface area contributed by atoms with Gasteiger partial charge in [0.05, 0.1) is 0 Å². The Hall–Kier alpha value is -0.570. The quantitative estimate of drug-likeness (QED) is 0.769. The van der Waals surface area contributed by atoms with Gasteiger partial charge in [0.2, 0.25) is 5.91 Å². The molecule has 88 valence electrons. The Labute approximate surface area is 93.0 Å². The second kappa shape index (κ2) is 6.11. The van der Waals surface area contributed by atoms with Crippen LogP contribution in [0.25, 0.3) is 0 Å². The van der Waals surface area contributed by atoms with Gasteiger partial charge in [0, 0.05) is 19.5 Å². The zero-order valence-corrected chi connectivity index (χ0v) is 10.0. The van der Waals surface area contributed by atoms with Crippen LogP contribution in [0.5, 0.6) is 0 Å². The summed E-state index contributed by atoms with van der Waals surface area (Å²) in [6.07, 6.45) is 3.80. The van der Waals surface area contributed by atoms with Crippen molar-refractivity contribution in [3.63, 3.8) is 0 Å². The van der Waals surface area contributed by atoms with Crippen molar-refractivity contribution in [1.82, 2.24) is 4.90 Å². The number of rotatable bonds is 4. The molecule has 3 nitrogen and oxygen atoms in total. The first-order valence-corrected chi connectivity index (χ1v) is 6.13. The second-order valence-corrected chi connectivity index (χ2v) is 4.85. The predicted molar refractivity (Wildman–Crippen MR) is 62.4 cm³/mol. The zero-order chi connectivity index (χ0) is 11.3. The Balaban J connectivity index is 2.27. The zero-order valence-electron chi connectivity index (χ0n) is 10.0. The Morgan fingerprint density at radius 1 is 1.40 bits per heavy atom. The van der Waals surface area contributed by atoms with Gasteiger partial charge in [-0.3, -0.25) is 4.79 Å². The summed E-state index contributed by atoms with van der Waals surface area (Å²) in [5, 5.41) is 0. The van der Waals surface area contributed by atoms with Crippen molar-refractivity contribution in [2.24, 2.45) is 17.6 Å². The number of likely N-dealkylation sites (tertiary alicyclic amines) is 1. The minimum atomic E-state index is 0.294. The summed E-state index contributed by atoms with van der Waals surface area (Å²) in [6, 6.07) is 0. The summed E-state index contributed by atoms with van der Waals surface area (Å²) < 4.78 is 0. The SMILES string of the molecule is CC(C)C1CCN(C(=O)CCCN)CC1. The number of hydrogen-bond acceptors (Lipinski definition) is 2. The van der Waals surface area contributed by atoms with Crippen LogP contribution < -0.4 is 5.73 Å². The molecule has 1 rings (SSSR count). The van der Waals surface area contributed by atoms with Crippen LogP contribution in [0, 0.1) is 11.8 Å². The van der Waals surface area contributed by atoms with E-state index in [-0.39, 0.29) is 0 Å². The molecule has 0 aromatic carbocycles. The van der Waals surface area contributed by atoms with Gasteiger partial charge in [0.25, 0.3) is 0 Å². The van der Waals surface area contributed by atoms with Gasteiger partial charge in [-0.05, 0) is 37.6 Å². The van der Waals surface area contributed by atoms with E-state index in [2.05, 4.69) is 13.8 Å². The number of carbonyl (C=O) groups excluding carboxylic acids is 1. The number of nitrogens with two attached hydrogens (primary N) is 1. The van der Waals surface area contributed by atoms with Crippen molar-refractivity contribution >= 4 is 5.91 Å². The lowest BCUT2D eigenvalue weighted by atomic mass is 9.86. The highest BCUT2D eigenvalue weighted by molar-refractivity contribution is 5.76. The molecule has 1 saturated heterocycles. The molecule has 1 aliphatic heterocycles. The molecule has 0 atom stereocenters. The fraction of sp³-hybridized carbons (Fsp3) is 0.917. The largest absolute Gasteiger partial charge is 0.343 e. The van der Waals surface area contributed by atoms with Crippen LogP contribution in [0.15, 0.2) is 0 Å². The molecule has 0 radical (unpaired) electrons. The minimum absolute atomic E-state index is 0.294. The molecule has 1 fully saturated rings. The van der Waals surface area contributed by atoms with Gasteiger partial charge in [0.15, 0.2) is 0 Å². The molecule has 0 bridgehead atoms. The molecule has 0 aromatic rings. The van der Waals surface area contributed by atoms with Crippen molar-refractivity contribution < 1.29 is 4.79 Å². The van der Waals surface area contributed by atoms with Crippen LogP contribution in [-0.4, -0.2) is 30.4 Å². The molecule has 0 aromatic heterocycles. The average Bonchev–Trinajstić information content (AvgIpc) is 2.26. The first-order valence-electron chi connectivity index (χ1n) is 6.13. The third-order valence-electron chi connectivity index (χ3n) is 3.43. The van der Waals surface area contributed by atoms with Gasteiger partial charge in [-0.15, -0.1) is 0 Å². The van der Waals surface area contributed by atoms with E-state index in [4.69, 9.17) is 5.73 Å². The maximum atomic E-state index is 11.7. The number of amides is 1. The van der Waals surface area contributed by atoms with E-state index in [1.165, 1.54) is 12.8 Å².